The van der Waals surface area contributed by atoms with Gasteiger partial charge in [0.1, 0.15) is 0 Å². The molecule has 0 saturated heterocycles. The Labute approximate surface area is 98.3 Å². The SMILES string of the molecule is Cc1ccc(NC(=O)NC(CO)C(=O)O)cc1. The molecule has 92 valence electrons. The molecule has 1 rings (SSSR count). The van der Waals surface area contributed by atoms with Crippen LogP contribution in [0.25, 0.3) is 0 Å². The standard InChI is InChI=1S/C11H14N2O4/c1-7-2-4-8(5-3-7)12-11(17)13-9(6-14)10(15)16/h2-5,9,14H,6H2,1H3,(H,15,16)(H2,12,13,17). The lowest BCUT2D eigenvalue weighted by molar-refractivity contribution is -0.140. The Bertz CT molecular complexity index is 402. The van der Waals surface area contributed by atoms with E-state index in [-0.39, 0.29) is 0 Å². The average molecular weight is 238 g/mol. The first-order valence-corrected chi connectivity index (χ1v) is 5.01. The van der Waals surface area contributed by atoms with Crippen molar-refractivity contribution in [2.75, 3.05) is 11.9 Å². The van der Waals surface area contributed by atoms with Crippen LogP contribution >= 0.6 is 0 Å². The van der Waals surface area contributed by atoms with Crippen molar-refractivity contribution in [2.45, 2.75) is 13.0 Å². The maximum absolute atomic E-state index is 11.4. The Kier molecular flexibility index (Phi) is 4.47. The van der Waals surface area contributed by atoms with Gasteiger partial charge in [-0.2, -0.15) is 0 Å². The highest BCUT2D eigenvalue weighted by atomic mass is 16.4. The molecular weight excluding hydrogens is 224 g/mol. The first-order chi connectivity index (χ1) is 8.02. The van der Waals surface area contributed by atoms with Crippen LogP contribution in [0.1, 0.15) is 5.56 Å². The predicted octanol–water partition coefficient (Wildman–Crippen LogP) is 0.562. The molecule has 2 amide bonds. The molecule has 17 heavy (non-hydrogen) atoms. The highest BCUT2D eigenvalue weighted by Gasteiger charge is 2.18. The van der Waals surface area contributed by atoms with Crippen molar-refractivity contribution in [1.82, 2.24) is 5.32 Å². The van der Waals surface area contributed by atoms with Gasteiger partial charge in [0.15, 0.2) is 6.04 Å². The summed E-state index contributed by atoms with van der Waals surface area (Å²) in [6, 6.07) is 5.05. The predicted molar refractivity (Wildman–Crippen MR) is 61.8 cm³/mol. The van der Waals surface area contributed by atoms with E-state index < -0.39 is 24.6 Å². The molecule has 1 aromatic carbocycles. The lowest BCUT2D eigenvalue weighted by atomic mass is 10.2. The number of amides is 2. The Morgan fingerprint density at radius 2 is 1.88 bits per heavy atom. The van der Waals surface area contributed by atoms with E-state index in [9.17, 15) is 9.59 Å². The minimum absolute atomic E-state index is 0.551. The van der Waals surface area contributed by atoms with Gasteiger partial charge in [0, 0.05) is 5.69 Å². The van der Waals surface area contributed by atoms with E-state index >= 15 is 0 Å². The highest BCUT2D eigenvalue weighted by Crippen LogP contribution is 2.08. The summed E-state index contributed by atoms with van der Waals surface area (Å²) in [7, 11) is 0. The van der Waals surface area contributed by atoms with E-state index in [2.05, 4.69) is 10.6 Å². The number of carbonyl (C=O) groups is 2. The van der Waals surface area contributed by atoms with E-state index in [0.29, 0.717) is 5.69 Å². The number of hydrogen-bond acceptors (Lipinski definition) is 3. The summed E-state index contributed by atoms with van der Waals surface area (Å²) in [6.45, 7) is 1.26. The topological polar surface area (TPSA) is 98.7 Å². The number of aryl methyl sites for hydroxylation is 1. The molecule has 0 spiro atoms. The summed E-state index contributed by atoms with van der Waals surface area (Å²) in [4.78, 5) is 21.9. The fraction of sp³-hybridized carbons (Fsp3) is 0.273. The molecule has 0 aromatic heterocycles. The molecular formula is C11H14N2O4. The van der Waals surface area contributed by atoms with E-state index in [0.717, 1.165) is 5.56 Å². The highest BCUT2D eigenvalue weighted by molar-refractivity contribution is 5.92. The zero-order valence-electron chi connectivity index (χ0n) is 9.30. The number of urea groups is 1. The molecule has 0 bridgehead atoms. The van der Waals surface area contributed by atoms with Crippen molar-refractivity contribution in [1.29, 1.82) is 0 Å². The summed E-state index contributed by atoms with van der Waals surface area (Å²) in [5.74, 6) is -1.29. The van der Waals surface area contributed by atoms with E-state index in [1.54, 1.807) is 12.1 Å². The Balaban J connectivity index is 2.54. The quantitative estimate of drug-likeness (QED) is 0.616. The van der Waals surface area contributed by atoms with Gasteiger partial charge in [-0.25, -0.2) is 9.59 Å². The number of nitrogens with one attached hydrogen (secondary N) is 2. The number of aliphatic hydroxyl groups excluding tert-OH is 1. The Hall–Kier alpha value is -2.08. The number of benzene rings is 1. The fourth-order valence-corrected chi connectivity index (χ4v) is 1.15. The number of aliphatic carboxylic acids is 1. The van der Waals surface area contributed by atoms with Crippen molar-refractivity contribution >= 4 is 17.7 Å². The number of hydrogen-bond donors (Lipinski definition) is 4. The number of carboxylic acid groups (broad SMARTS) is 1. The number of carbonyl (C=O) groups excluding carboxylic acids is 1. The monoisotopic (exact) mass is 238 g/mol. The van der Waals surface area contributed by atoms with E-state index in [1.807, 2.05) is 19.1 Å². The maximum atomic E-state index is 11.4. The van der Waals surface area contributed by atoms with Crippen LogP contribution in [0.3, 0.4) is 0 Å². The molecule has 0 heterocycles. The van der Waals surface area contributed by atoms with Crippen molar-refractivity contribution in [3.63, 3.8) is 0 Å². The van der Waals surface area contributed by atoms with E-state index in [4.69, 9.17) is 10.2 Å². The second kappa shape index (κ2) is 5.86. The first kappa shape index (κ1) is 13.0. The molecule has 0 radical (unpaired) electrons. The van der Waals surface area contributed by atoms with Gasteiger partial charge in [-0.1, -0.05) is 17.7 Å². The van der Waals surface area contributed by atoms with E-state index in [1.165, 1.54) is 0 Å². The van der Waals surface area contributed by atoms with Gasteiger partial charge in [0.25, 0.3) is 0 Å². The largest absolute Gasteiger partial charge is 0.480 e. The minimum atomic E-state index is -1.31. The van der Waals surface area contributed by atoms with Gasteiger partial charge in [-0.15, -0.1) is 0 Å². The second-order valence-corrected chi connectivity index (χ2v) is 3.54. The van der Waals surface area contributed by atoms with Crippen LogP contribution < -0.4 is 10.6 Å². The third-order valence-electron chi connectivity index (χ3n) is 2.10. The van der Waals surface area contributed by atoms with Crippen LogP contribution in [0, 0.1) is 6.92 Å². The zero-order chi connectivity index (χ0) is 12.8. The lowest BCUT2D eigenvalue weighted by Crippen LogP contribution is -2.45. The maximum Gasteiger partial charge on any atom is 0.328 e. The number of rotatable bonds is 4. The van der Waals surface area contributed by atoms with Crippen LogP contribution in [0.2, 0.25) is 0 Å². The summed E-state index contributed by atoms with van der Waals surface area (Å²) in [6.07, 6.45) is 0. The summed E-state index contributed by atoms with van der Waals surface area (Å²) >= 11 is 0. The lowest BCUT2D eigenvalue weighted by Gasteiger charge is -2.12. The molecule has 1 unspecified atom stereocenters. The normalized spacial score (nSPS) is 11.6. The van der Waals surface area contributed by atoms with Gasteiger partial charge in [0.2, 0.25) is 0 Å². The van der Waals surface area contributed by atoms with Crippen LogP contribution in [0.15, 0.2) is 24.3 Å². The average Bonchev–Trinajstić information content (AvgIpc) is 2.28. The summed E-state index contributed by atoms with van der Waals surface area (Å²) < 4.78 is 0. The summed E-state index contributed by atoms with van der Waals surface area (Å²) in [5.41, 5.74) is 1.60. The Morgan fingerprint density at radius 3 is 2.35 bits per heavy atom. The van der Waals surface area contributed by atoms with Crippen molar-refractivity contribution in [2.24, 2.45) is 0 Å². The van der Waals surface area contributed by atoms with Crippen molar-refractivity contribution < 1.29 is 19.8 Å². The molecule has 0 aliphatic heterocycles. The molecule has 0 fully saturated rings. The smallest absolute Gasteiger partial charge is 0.328 e. The summed E-state index contributed by atoms with van der Waals surface area (Å²) in [5, 5.41) is 21.9. The number of anilines is 1. The van der Waals surface area contributed by atoms with Crippen molar-refractivity contribution in [3.8, 4) is 0 Å². The van der Waals surface area contributed by atoms with Crippen LogP contribution in [-0.4, -0.2) is 34.9 Å². The van der Waals surface area contributed by atoms with Crippen molar-refractivity contribution in [3.05, 3.63) is 29.8 Å². The van der Waals surface area contributed by atoms with Crippen LogP contribution in [-0.2, 0) is 4.79 Å². The molecule has 4 N–H and O–H groups in total. The van der Waals surface area contributed by atoms with Gasteiger partial charge in [-0.05, 0) is 19.1 Å². The number of aliphatic hydroxyl groups is 1. The molecule has 0 aliphatic carbocycles. The molecule has 6 nitrogen and oxygen atoms in total. The second-order valence-electron chi connectivity index (χ2n) is 3.54. The third-order valence-corrected chi connectivity index (χ3v) is 2.10. The number of carboxylic acids is 1. The van der Waals surface area contributed by atoms with Gasteiger partial charge >= 0.3 is 12.0 Å². The van der Waals surface area contributed by atoms with Gasteiger partial charge < -0.3 is 20.8 Å². The van der Waals surface area contributed by atoms with Crippen LogP contribution in [0.4, 0.5) is 10.5 Å². The minimum Gasteiger partial charge on any atom is -0.480 e. The first-order valence-electron chi connectivity index (χ1n) is 5.01. The van der Waals surface area contributed by atoms with Crippen LogP contribution in [0.5, 0.6) is 0 Å². The Morgan fingerprint density at radius 1 is 1.29 bits per heavy atom. The molecule has 0 aliphatic rings. The third kappa shape index (κ3) is 4.12. The zero-order valence-corrected chi connectivity index (χ0v) is 9.30. The molecule has 1 atom stereocenters. The van der Waals surface area contributed by atoms with Gasteiger partial charge in [0.05, 0.1) is 6.61 Å². The molecule has 0 saturated carbocycles. The molecule has 6 heteroatoms. The fourth-order valence-electron chi connectivity index (χ4n) is 1.15. The van der Waals surface area contributed by atoms with Gasteiger partial charge in [-0.3, -0.25) is 0 Å². The molecule has 1 aromatic rings.